The second-order valence-electron chi connectivity index (χ2n) is 3.21. The van der Waals surface area contributed by atoms with Crippen LogP contribution in [0.2, 0.25) is 0 Å². The molecule has 0 aliphatic carbocycles. The Labute approximate surface area is 106 Å². The highest BCUT2D eigenvalue weighted by Crippen LogP contribution is 2.30. The topological polar surface area (TPSA) is 35.2 Å². The van der Waals surface area contributed by atoms with Gasteiger partial charge in [0, 0.05) is 6.07 Å². The standard InChI is InChI=1S/C12H9FINO/c13-8-5-6-10(15)12(7-8)16-11-4-2-1-3-9(11)14/h1-7H,15H2. The maximum Gasteiger partial charge on any atom is 0.153 e. The highest BCUT2D eigenvalue weighted by Gasteiger charge is 2.06. The van der Waals surface area contributed by atoms with Gasteiger partial charge >= 0.3 is 0 Å². The van der Waals surface area contributed by atoms with E-state index < -0.39 is 0 Å². The number of para-hydroxylation sites is 1. The largest absolute Gasteiger partial charge is 0.454 e. The van der Waals surface area contributed by atoms with Gasteiger partial charge in [-0.25, -0.2) is 4.39 Å². The number of hydrogen-bond acceptors (Lipinski definition) is 2. The molecule has 0 heterocycles. The molecule has 0 fully saturated rings. The zero-order valence-corrected chi connectivity index (χ0v) is 10.4. The summed E-state index contributed by atoms with van der Waals surface area (Å²) in [5.41, 5.74) is 6.11. The molecule has 0 aliphatic rings. The minimum atomic E-state index is -0.366. The Morgan fingerprint density at radius 3 is 2.56 bits per heavy atom. The molecule has 0 bridgehead atoms. The molecule has 0 atom stereocenters. The first-order chi connectivity index (χ1) is 7.66. The molecule has 4 heteroatoms. The van der Waals surface area contributed by atoms with Crippen molar-refractivity contribution in [2.75, 3.05) is 5.73 Å². The quantitative estimate of drug-likeness (QED) is 0.672. The predicted molar refractivity (Wildman–Crippen MR) is 70.0 cm³/mol. The number of nitrogens with two attached hydrogens (primary N) is 1. The van der Waals surface area contributed by atoms with Crippen molar-refractivity contribution in [3.63, 3.8) is 0 Å². The van der Waals surface area contributed by atoms with E-state index in [0.717, 1.165) is 3.57 Å². The summed E-state index contributed by atoms with van der Waals surface area (Å²) in [6.45, 7) is 0. The van der Waals surface area contributed by atoms with Crippen molar-refractivity contribution in [2.45, 2.75) is 0 Å². The van der Waals surface area contributed by atoms with Crippen molar-refractivity contribution in [1.29, 1.82) is 0 Å². The maximum absolute atomic E-state index is 13.0. The van der Waals surface area contributed by atoms with Crippen LogP contribution < -0.4 is 10.5 Å². The molecule has 0 saturated carbocycles. The minimum absolute atomic E-state index is 0.337. The van der Waals surface area contributed by atoms with E-state index in [0.29, 0.717) is 17.2 Å². The summed E-state index contributed by atoms with van der Waals surface area (Å²) >= 11 is 2.15. The molecule has 2 aromatic carbocycles. The molecular weight excluding hydrogens is 320 g/mol. The molecule has 0 spiro atoms. The van der Waals surface area contributed by atoms with Crippen molar-refractivity contribution < 1.29 is 9.13 Å². The average Bonchev–Trinajstić information content (AvgIpc) is 2.27. The van der Waals surface area contributed by atoms with Gasteiger partial charge in [0.25, 0.3) is 0 Å². The predicted octanol–water partition coefficient (Wildman–Crippen LogP) is 3.80. The number of nitrogen functional groups attached to an aromatic ring is 1. The van der Waals surface area contributed by atoms with E-state index >= 15 is 0 Å². The molecule has 2 nitrogen and oxygen atoms in total. The molecule has 0 radical (unpaired) electrons. The van der Waals surface area contributed by atoms with Gasteiger partial charge in [-0.1, -0.05) is 12.1 Å². The summed E-state index contributed by atoms with van der Waals surface area (Å²) in [6, 6.07) is 11.5. The smallest absolute Gasteiger partial charge is 0.153 e. The zero-order valence-electron chi connectivity index (χ0n) is 8.28. The van der Waals surface area contributed by atoms with E-state index in [-0.39, 0.29) is 5.82 Å². The van der Waals surface area contributed by atoms with Crippen LogP contribution in [0.15, 0.2) is 42.5 Å². The van der Waals surface area contributed by atoms with Gasteiger partial charge in [0.15, 0.2) is 5.75 Å². The van der Waals surface area contributed by atoms with Crippen molar-refractivity contribution in [2.24, 2.45) is 0 Å². The molecular formula is C12H9FINO. The lowest BCUT2D eigenvalue weighted by atomic mass is 10.3. The molecule has 0 unspecified atom stereocenters. The Morgan fingerprint density at radius 1 is 1.06 bits per heavy atom. The normalized spacial score (nSPS) is 10.1. The van der Waals surface area contributed by atoms with E-state index in [1.807, 2.05) is 24.3 Å². The summed E-state index contributed by atoms with van der Waals surface area (Å²) in [4.78, 5) is 0. The van der Waals surface area contributed by atoms with Crippen molar-refractivity contribution in [3.05, 3.63) is 51.9 Å². The Morgan fingerprint density at radius 2 is 1.81 bits per heavy atom. The van der Waals surface area contributed by atoms with E-state index in [2.05, 4.69) is 22.6 Å². The Balaban J connectivity index is 2.34. The first-order valence-electron chi connectivity index (χ1n) is 4.64. The first-order valence-corrected chi connectivity index (χ1v) is 5.72. The lowest BCUT2D eigenvalue weighted by molar-refractivity contribution is 0.476. The third kappa shape index (κ3) is 2.44. The minimum Gasteiger partial charge on any atom is -0.454 e. The lowest BCUT2D eigenvalue weighted by Crippen LogP contribution is -1.94. The van der Waals surface area contributed by atoms with Crippen LogP contribution in [0.4, 0.5) is 10.1 Å². The summed E-state index contributed by atoms with van der Waals surface area (Å²) < 4.78 is 19.5. The fourth-order valence-electron chi connectivity index (χ4n) is 1.24. The van der Waals surface area contributed by atoms with Gasteiger partial charge in [0.1, 0.15) is 11.6 Å². The van der Waals surface area contributed by atoms with Crippen LogP contribution in [0.5, 0.6) is 11.5 Å². The molecule has 0 aliphatic heterocycles. The highest BCUT2D eigenvalue weighted by atomic mass is 127. The molecule has 0 saturated heterocycles. The molecule has 0 aromatic heterocycles. The maximum atomic E-state index is 13.0. The zero-order chi connectivity index (χ0) is 11.5. The summed E-state index contributed by atoms with van der Waals surface area (Å²) in [5.74, 6) is 0.639. The number of ether oxygens (including phenoxy) is 1. The van der Waals surface area contributed by atoms with Gasteiger partial charge < -0.3 is 10.5 Å². The number of rotatable bonds is 2. The van der Waals surface area contributed by atoms with E-state index in [4.69, 9.17) is 10.5 Å². The van der Waals surface area contributed by atoms with Gasteiger partial charge in [-0.15, -0.1) is 0 Å². The molecule has 2 rings (SSSR count). The van der Waals surface area contributed by atoms with E-state index in [1.54, 1.807) is 0 Å². The number of hydrogen-bond donors (Lipinski definition) is 1. The van der Waals surface area contributed by atoms with E-state index in [1.165, 1.54) is 18.2 Å². The van der Waals surface area contributed by atoms with Crippen LogP contribution in [0.1, 0.15) is 0 Å². The number of anilines is 1. The number of benzene rings is 2. The van der Waals surface area contributed by atoms with Crippen LogP contribution >= 0.6 is 22.6 Å². The lowest BCUT2D eigenvalue weighted by Gasteiger charge is -2.09. The molecule has 16 heavy (non-hydrogen) atoms. The van der Waals surface area contributed by atoms with Gasteiger partial charge in [0.05, 0.1) is 9.26 Å². The molecule has 2 N–H and O–H groups in total. The summed E-state index contributed by atoms with van der Waals surface area (Å²) in [6.07, 6.45) is 0. The molecule has 82 valence electrons. The summed E-state index contributed by atoms with van der Waals surface area (Å²) in [7, 11) is 0. The van der Waals surface area contributed by atoms with Crippen LogP contribution in [0, 0.1) is 9.39 Å². The second-order valence-corrected chi connectivity index (χ2v) is 4.38. The average molecular weight is 329 g/mol. The van der Waals surface area contributed by atoms with Crippen molar-refractivity contribution in [1.82, 2.24) is 0 Å². The number of halogens is 2. The third-order valence-electron chi connectivity index (χ3n) is 2.03. The van der Waals surface area contributed by atoms with Crippen LogP contribution in [0.3, 0.4) is 0 Å². The highest BCUT2D eigenvalue weighted by molar-refractivity contribution is 14.1. The summed E-state index contributed by atoms with van der Waals surface area (Å²) in [5, 5.41) is 0. The Bertz CT molecular complexity index is 516. The van der Waals surface area contributed by atoms with E-state index in [9.17, 15) is 4.39 Å². The molecule has 0 amide bonds. The van der Waals surface area contributed by atoms with Gasteiger partial charge in [-0.05, 0) is 46.9 Å². The molecule has 2 aromatic rings. The Hall–Kier alpha value is -1.30. The Kier molecular flexibility index (Phi) is 3.28. The van der Waals surface area contributed by atoms with Crippen LogP contribution in [-0.2, 0) is 0 Å². The van der Waals surface area contributed by atoms with Gasteiger partial charge in [-0.2, -0.15) is 0 Å². The van der Waals surface area contributed by atoms with Crippen LogP contribution in [-0.4, -0.2) is 0 Å². The fourth-order valence-corrected chi connectivity index (χ4v) is 1.74. The third-order valence-corrected chi connectivity index (χ3v) is 2.92. The monoisotopic (exact) mass is 329 g/mol. The van der Waals surface area contributed by atoms with Crippen molar-refractivity contribution >= 4 is 28.3 Å². The van der Waals surface area contributed by atoms with Gasteiger partial charge in [-0.3, -0.25) is 0 Å². The SMILES string of the molecule is Nc1ccc(F)cc1Oc1ccccc1I. The van der Waals surface area contributed by atoms with Crippen molar-refractivity contribution in [3.8, 4) is 11.5 Å². The van der Waals surface area contributed by atoms with Crippen LogP contribution in [0.25, 0.3) is 0 Å². The fraction of sp³-hybridized carbons (Fsp3) is 0. The second kappa shape index (κ2) is 4.69. The van der Waals surface area contributed by atoms with Gasteiger partial charge in [0.2, 0.25) is 0 Å². The first kappa shape index (κ1) is 11.2.